The Labute approximate surface area is 102 Å². The van der Waals surface area contributed by atoms with Crippen LogP contribution in [0.25, 0.3) is 0 Å². The topological polar surface area (TPSA) is 35.0 Å². The number of aromatic nitrogens is 2. The minimum absolute atomic E-state index is 0.420. The number of hydrogen-bond donors (Lipinski definition) is 0. The zero-order chi connectivity index (χ0) is 12.3. The minimum Gasteiger partial charge on any atom is -0.437 e. The highest BCUT2D eigenvalue weighted by molar-refractivity contribution is 5.38. The largest absolute Gasteiger partial charge is 0.437 e. The fourth-order valence-corrected chi connectivity index (χ4v) is 1.65. The first-order chi connectivity index (χ1) is 8.18. The second kappa shape index (κ2) is 4.95. The highest BCUT2D eigenvalue weighted by atomic mass is 16.5. The SMILES string of the molecule is Cc1nccnc1Oc1ccccc1C(C)C. The maximum absolute atomic E-state index is 5.83. The van der Waals surface area contributed by atoms with Gasteiger partial charge in [0.25, 0.3) is 0 Å². The lowest BCUT2D eigenvalue weighted by molar-refractivity contribution is 0.447. The molecule has 0 saturated heterocycles. The van der Waals surface area contributed by atoms with Crippen LogP contribution in [0.2, 0.25) is 0 Å². The molecular formula is C14H16N2O. The van der Waals surface area contributed by atoms with Crippen molar-refractivity contribution in [2.45, 2.75) is 26.7 Å². The van der Waals surface area contributed by atoms with Crippen LogP contribution in [-0.4, -0.2) is 9.97 Å². The zero-order valence-corrected chi connectivity index (χ0v) is 10.3. The van der Waals surface area contributed by atoms with Crippen molar-refractivity contribution in [2.24, 2.45) is 0 Å². The molecule has 1 aromatic heterocycles. The number of para-hydroxylation sites is 1. The van der Waals surface area contributed by atoms with Crippen molar-refractivity contribution >= 4 is 0 Å². The van der Waals surface area contributed by atoms with Gasteiger partial charge in [0.05, 0.1) is 5.69 Å². The first-order valence-electron chi connectivity index (χ1n) is 5.73. The summed E-state index contributed by atoms with van der Waals surface area (Å²) in [7, 11) is 0. The third kappa shape index (κ3) is 2.61. The van der Waals surface area contributed by atoms with E-state index in [9.17, 15) is 0 Å². The second-order valence-electron chi connectivity index (χ2n) is 4.24. The van der Waals surface area contributed by atoms with Crippen molar-refractivity contribution in [1.29, 1.82) is 0 Å². The molecule has 17 heavy (non-hydrogen) atoms. The van der Waals surface area contributed by atoms with E-state index in [0.717, 1.165) is 11.4 Å². The molecule has 0 aliphatic heterocycles. The molecule has 0 bridgehead atoms. The van der Waals surface area contributed by atoms with E-state index in [1.165, 1.54) is 5.56 Å². The van der Waals surface area contributed by atoms with Gasteiger partial charge in [0.15, 0.2) is 0 Å². The Morgan fingerprint density at radius 3 is 2.47 bits per heavy atom. The summed E-state index contributed by atoms with van der Waals surface area (Å²) in [5.74, 6) is 1.84. The van der Waals surface area contributed by atoms with Crippen LogP contribution in [0.4, 0.5) is 0 Å². The Morgan fingerprint density at radius 2 is 1.76 bits per heavy atom. The van der Waals surface area contributed by atoms with E-state index in [0.29, 0.717) is 11.8 Å². The molecule has 2 aromatic rings. The molecule has 0 fully saturated rings. The Hall–Kier alpha value is -1.90. The lowest BCUT2D eigenvalue weighted by atomic mass is 10.0. The number of nitrogens with zero attached hydrogens (tertiary/aromatic N) is 2. The lowest BCUT2D eigenvalue weighted by Gasteiger charge is -2.13. The summed E-state index contributed by atoms with van der Waals surface area (Å²) >= 11 is 0. The van der Waals surface area contributed by atoms with E-state index < -0.39 is 0 Å². The summed E-state index contributed by atoms with van der Waals surface area (Å²) in [6.07, 6.45) is 3.30. The standard InChI is InChI=1S/C14H16N2O/c1-10(2)12-6-4-5-7-13(12)17-14-11(3)15-8-9-16-14/h4-10H,1-3H3. The summed E-state index contributed by atoms with van der Waals surface area (Å²) in [6, 6.07) is 8.02. The summed E-state index contributed by atoms with van der Waals surface area (Å²) in [5.41, 5.74) is 1.98. The molecule has 0 amide bonds. The normalized spacial score (nSPS) is 10.6. The highest BCUT2D eigenvalue weighted by Crippen LogP contribution is 2.29. The molecule has 0 unspecified atom stereocenters. The van der Waals surface area contributed by atoms with Crippen molar-refractivity contribution in [3.63, 3.8) is 0 Å². The van der Waals surface area contributed by atoms with Crippen LogP contribution in [0.3, 0.4) is 0 Å². The van der Waals surface area contributed by atoms with Crippen molar-refractivity contribution < 1.29 is 4.74 Å². The van der Waals surface area contributed by atoms with Crippen molar-refractivity contribution in [3.05, 3.63) is 47.9 Å². The van der Waals surface area contributed by atoms with Gasteiger partial charge in [-0.3, -0.25) is 4.98 Å². The Kier molecular flexibility index (Phi) is 3.38. The van der Waals surface area contributed by atoms with E-state index in [2.05, 4.69) is 29.9 Å². The third-order valence-corrected chi connectivity index (χ3v) is 2.58. The maximum atomic E-state index is 5.83. The molecule has 0 aliphatic rings. The van der Waals surface area contributed by atoms with E-state index in [4.69, 9.17) is 4.74 Å². The first kappa shape index (κ1) is 11.6. The number of aryl methyl sites for hydroxylation is 1. The van der Waals surface area contributed by atoms with E-state index in [1.54, 1.807) is 12.4 Å². The van der Waals surface area contributed by atoms with Crippen LogP contribution in [-0.2, 0) is 0 Å². The summed E-state index contributed by atoms with van der Waals surface area (Å²) in [5, 5.41) is 0. The molecule has 0 spiro atoms. The summed E-state index contributed by atoms with van der Waals surface area (Å²) < 4.78 is 5.83. The van der Waals surface area contributed by atoms with Crippen LogP contribution >= 0.6 is 0 Å². The smallest absolute Gasteiger partial charge is 0.240 e. The monoisotopic (exact) mass is 228 g/mol. The van der Waals surface area contributed by atoms with Crippen LogP contribution in [0.5, 0.6) is 11.6 Å². The molecule has 0 radical (unpaired) electrons. The van der Waals surface area contributed by atoms with E-state index in [-0.39, 0.29) is 0 Å². The Balaban J connectivity index is 2.34. The third-order valence-electron chi connectivity index (χ3n) is 2.58. The van der Waals surface area contributed by atoms with Crippen LogP contribution in [0, 0.1) is 6.92 Å². The average molecular weight is 228 g/mol. The molecule has 1 heterocycles. The van der Waals surface area contributed by atoms with Crippen LogP contribution < -0.4 is 4.74 Å². The van der Waals surface area contributed by atoms with Gasteiger partial charge in [0.2, 0.25) is 5.88 Å². The Bertz CT molecular complexity index is 509. The molecule has 3 nitrogen and oxygen atoms in total. The van der Waals surface area contributed by atoms with Gasteiger partial charge in [-0.05, 0) is 24.5 Å². The second-order valence-corrected chi connectivity index (χ2v) is 4.24. The van der Waals surface area contributed by atoms with Gasteiger partial charge in [0.1, 0.15) is 5.75 Å². The van der Waals surface area contributed by atoms with Crippen molar-refractivity contribution in [2.75, 3.05) is 0 Å². The predicted molar refractivity (Wildman–Crippen MR) is 67.4 cm³/mol. The molecule has 0 aliphatic carbocycles. The summed E-state index contributed by atoms with van der Waals surface area (Å²) in [6.45, 7) is 6.18. The quantitative estimate of drug-likeness (QED) is 0.803. The molecule has 0 atom stereocenters. The van der Waals surface area contributed by atoms with E-state index in [1.807, 2.05) is 25.1 Å². The van der Waals surface area contributed by atoms with Crippen LogP contribution in [0.15, 0.2) is 36.7 Å². The molecule has 0 N–H and O–H groups in total. The van der Waals surface area contributed by atoms with Crippen molar-refractivity contribution in [1.82, 2.24) is 9.97 Å². The molecule has 88 valence electrons. The zero-order valence-electron chi connectivity index (χ0n) is 10.3. The number of hydrogen-bond acceptors (Lipinski definition) is 3. The van der Waals surface area contributed by atoms with Crippen LogP contribution in [0.1, 0.15) is 31.0 Å². The van der Waals surface area contributed by atoms with Gasteiger partial charge in [-0.25, -0.2) is 4.98 Å². The van der Waals surface area contributed by atoms with Gasteiger partial charge >= 0.3 is 0 Å². The predicted octanol–water partition coefficient (Wildman–Crippen LogP) is 3.70. The molecular weight excluding hydrogens is 212 g/mol. The van der Waals surface area contributed by atoms with Gasteiger partial charge in [-0.2, -0.15) is 0 Å². The van der Waals surface area contributed by atoms with Gasteiger partial charge in [-0.15, -0.1) is 0 Å². The van der Waals surface area contributed by atoms with Crippen molar-refractivity contribution in [3.8, 4) is 11.6 Å². The maximum Gasteiger partial charge on any atom is 0.240 e. The van der Waals surface area contributed by atoms with Gasteiger partial charge in [0, 0.05) is 12.4 Å². The average Bonchev–Trinajstić information content (AvgIpc) is 2.32. The van der Waals surface area contributed by atoms with Gasteiger partial charge in [-0.1, -0.05) is 32.0 Å². The number of benzene rings is 1. The molecule has 2 rings (SSSR count). The Morgan fingerprint density at radius 1 is 1.06 bits per heavy atom. The number of ether oxygens (including phenoxy) is 1. The minimum atomic E-state index is 0.420. The summed E-state index contributed by atoms with van der Waals surface area (Å²) in [4.78, 5) is 8.35. The lowest BCUT2D eigenvalue weighted by Crippen LogP contribution is -1.97. The van der Waals surface area contributed by atoms with E-state index >= 15 is 0 Å². The molecule has 3 heteroatoms. The molecule has 1 aromatic carbocycles. The fraction of sp³-hybridized carbons (Fsp3) is 0.286. The number of rotatable bonds is 3. The molecule has 0 saturated carbocycles. The first-order valence-corrected chi connectivity index (χ1v) is 5.73. The highest BCUT2D eigenvalue weighted by Gasteiger charge is 2.09. The van der Waals surface area contributed by atoms with Gasteiger partial charge < -0.3 is 4.74 Å². The fourth-order valence-electron chi connectivity index (χ4n) is 1.65.